The number of nitrogens with zero attached hydrogens (tertiary/aromatic N) is 3. The van der Waals surface area contributed by atoms with E-state index in [1.807, 2.05) is 48.8 Å². The van der Waals surface area contributed by atoms with Crippen molar-refractivity contribution in [2.45, 2.75) is 25.4 Å². The lowest BCUT2D eigenvalue weighted by molar-refractivity contribution is 0.153. The normalized spacial score (nSPS) is 16.7. The van der Waals surface area contributed by atoms with Gasteiger partial charge < -0.3 is 15.2 Å². The van der Waals surface area contributed by atoms with E-state index >= 15 is 0 Å². The quantitative estimate of drug-likeness (QED) is 0.639. The zero-order valence-corrected chi connectivity index (χ0v) is 16.6. The van der Waals surface area contributed by atoms with Crippen molar-refractivity contribution >= 4 is 11.6 Å². The van der Waals surface area contributed by atoms with Crippen LogP contribution in [0.25, 0.3) is 11.1 Å². The summed E-state index contributed by atoms with van der Waals surface area (Å²) in [7, 11) is 1.66. The maximum atomic E-state index is 9.47. The van der Waals surface area contributed by atoms with E-state index in [9.17, 15) is 5.11 Å². The molecule has 1 fully saturated rings. The number of nitrogens with one attached hydrogen (secondary N) is 1. The molecular weight excluding hydrogens is 364 g/mol. The van der Waals surface area contributed by atoms with Gasteiger partial charge in [0.1, 0.15) is 5.75 Å². The van der Waals surface area contributed by atoms with E-state index in [1.165, 1.54) is 5.56 Å². The molecule has 2 N–H and O–H groups in total. The molecule has 4 rings (SSSR count). The molecule has 2 heterocycles. The molecule has 1 aromatic heterocycles. The van der Waals surface area contributed by atoms with Crippen LogP contribution in [0, 0.1) is 0 Å². The molecule has 1 aliphatic heterocycles. The fraction of sp³-hybridized carbons (Fsp3) is 0.304. The Kier molecular flexibility index (Phi) is 6.03. The summed E-state index contributed by atoms with van der Waals surface area (Å²) in [4.78, 5) is 11.2. The molecule has 150 valence electrons. The van der Waals surface area contributed by atoms with E-state index in [2.05, 4.69) is 32.3 Å². The molecule has 6 nitrogen and oxygen atoms in total. The van der Waals surface area contributed by atoms with Crippen molar-refractivity contribution in [3.63, 3.8) is 0 Å². The Morgan fingerprint density at radius 1 is 1.03 bits per heavy atom. The van der Waals surface area contributed by atoms with Gasteiger partial charge in [-0.15, -0.1) is 0 Å². The topological polar surface area (TPSA) is 70.5 Å². The molecule has 1 atom stereocenters. The molecule has 0 aliphatic carbocycles. The van der Waals surface area contributed by atoms with Crippen LogP contribution < -0.4 is 10.1 Å². The monoisotopic (exact) mass is 390 g/mol. The number of aliphatic hydroxyl groups excluding tert-OH is 1. The highest BCUT2D eigenvalue weighted by Gasteiger charge is 2.23. The SMILES string of the molecule is COc1ccc(-c2cnc(Nc3ccc(CN4CCC[C@H]4CO)cc3)nc2)cc1. The largest absolute Gasteiger partial charge is 0.497 e. The fourth-order valence-corrected chi connectivity index (χ4v) is 3.69. The Morgan fingerprint density at radius 2 is 1.76 bits per heavy atom. The summed E-state index contributed by atoms with van der Waals surface area (Å²) in [5, 5.41) is 12.7. The molecule has 0 bridgehead atoms. The minimum atomic E-state index is 0.240. The predicted octanol–water partition coefficient (Wildman–Crippen LogP) is 3.85. The van der Waals surface area contributed by atoms with Crippen LogP contribution >= 0.6 is 0 Å². The first-order chi connectivity index (χ1) is 14.2. The Bertz CT molecular complexity index is 911. The second-order valence-corrected chi connectivity index (χ2v) is 7.29. The summed E-state index contributed by atoms with van der Waals surface area (Å²) in [5.41, 5.74) is 4.19. The molecular formula is C23H26N4O2. The van der Waals surface area contributed by atoms with Crippen LogP contribution in [0.3, 0.4) is 0 Å². The summed E-state index contributed by atoms with van der Waals surface area (Å²) < 4.78 is 5.19. The molecule has 0 amide bonds. The number of methoxy groups -OCH3 is 1. The molecule has 0 radical (unpaired) electrons. The number of aromatic nitrogens is 2. The van der Waals surface area contributed by atoms with Crippen molar-refractivity contribution in [3.05, 3.63) is 66.5 Å². The highest BCUT2D eigenvalue weighted by molar-refractivity contribution is 5.63. The lowest BCUT2D eigenvalue weighted by atomic mass is 10.1. The maximum Gasteiger partial charge on any atom is 0.227 e. The van der Waals surface area contributed by atoms with Crippen molar-refractivity contribution < 1.29 is 9.84 Å². The van der Waals surface area contributed by atoms with Gasteiger partial charge in [0, 0.05) is 36.2 Å². The molecule has 6 heteroatoms. The van der Waals surface area contributed by atoms with Gasteiger partial charge in [0.2, 0.25) is 5.95 Å². The van der Waals surface area contributed by atoms with Gasteiger partial charge >= 0.3 is 0 Å². The minimum Gasteiger partial charge on any atom is -0.497 e. The second kappa shape index (κ2) is 9.03. The molecule has 1 saturated heterocycles. The van der Waals surface area contributed by atoms with Crippen LogP contribution in [0.2, 0.25) is 0 Å². The summed E-state index contributed by atoms with van der Waals surface area (Å²) in [6.45, 7) is 2.17. The van der Waals surface area contributed by atoms with Crippen LogP contribution in [0.4, 0.5) is 11.6 Å². The second-order valence-electron chi connectivity index (χ2n) is 7.29. The number of aliphatic hydroxyl groups is 1. The van der Waals surface area contributed by atoms with E-state index in [0.29, 0.717) is 12.0 Å². The van der Waals surface area contributed by atoms with Gasteiger partial charge in [-0.2, -0.15) is 0 Å². The van der Waals surface area contributed by atoms with E-state index in [0.717, 1.165) is 48.5 Å². The zero-order valence-electron chi connectivity index (χ0n) is 16.6. The summed E-state index contributed by atoms with van der Waals surface area (Å²) in [5.74, 6) is 1.39. The van der Waals surface area contributed by atoms with Crippen LogP contribution in [-0.4, -0.2) is 46.3 Å². The van der Waals surface area contributed by atoms with Crippen molar-refractivity contribution in [3.8, 4) is 16.9 Å². The number of likely N-dealkylation sites (tertiary alicyclic amines) is 1. The van der Waals surface area contributed by atoms with Crippen LogP contribution in [-0.2, 0) is 6.54 Å². The van der Waals surface area contributed by atoms with Gasteiger partial charge in [0.25, 0.3) is 0 Å². The average molecular weight is 390 g/mol. The van der Waals surface area contributed by atoms with Crippen LogP contribution in [0.15, 0.2) is 60.9 Å². The number of anilines is 2. The molecule has 29 heavy (non-hydrogen) atoms. The molecule has 2 aromatic carbocycles. The van der Waals surface area contributed by atoms with Crippen molar-refractivity contribution in [1.29, 1.82) is 0 Å². The number of hydrogen-bond acceptors (Lipinski definition) is 6. The first-order valence-corrected chi connectivity index (χ1v) is 9.92. The highest BCUT2D eigenvalue weighted by atomic mass is 16.5. The number of ether oxygens (including phenoxy) is 1. The summed E-state index contributed by atoms with van der Waals surface area (Å²) in [6, 6.07) is 16.4. The number of benzene rings is 2. The standard InChI is InChI=1S/C23H26N4O2/c1-29-22-10-6-18(7-11-22)19-13-24-23(25-14-19)26-20-8-4-17(5-9-20)15-27-12-2-3-21(27)16-28/h4-11,13-14,21,28H,2-3,12,15-16H2,1H3,(H,24,25,26)/t21-/m0/s1. The lowest BCUT2D eigenvalue weighted by Crippen LogP contribution is -2.31. The van der Waals surface area contributed by atoms with Crippen LogP contribution in [0.1, 0.15) is 18.4 Å². The van der Waals surface area contributed by atoms with Crippen LogP contribution in [0.5, 0.6) is 5.75 Å². The van der Waals surface area contributed by atoms with Crippen molar-refractivity contribution in [2.24, 2.45) is 0 Å². The van der Waals surface area contributed by atoms with Crippen molar-refractivity contribution in [2.75, 3.05) is 25.6 Å². The van der Waals surface area contributed by atoms with Crippen molar-refractivity contribution in [1.82, 2.24) is 14.9 Å². The molecule has 0 saturated carbocycles. The molecule has 0 unspecified atom stereocenters. The third-order valence-electron chi connectivity index (χ3n) is 5.38. The Labute approximate surface area is 171 Å². The summed E-state index contributed by atoms with van der Waals surface area (Å²) in [6.07, 6.45) is 5.87. The first kappa shape index (κ1) is 19.4. The third-order valence-corrected chi connectivity index (χ3v) is 5.38. The van der Waals surface area contributed by atoms with Gasteiger partial charge in [-0.1, -0.05) is 24.3 Å². The number of rotatable bonds is 7. The molecule has 0 spiro atoms. The summed E-state index contributed by atoms with van der Waals surface area (Å²) >= 11 is 0. The average Bonchev–Trinajstić information content (AvgIpc) is 3.23. The Hall–Kier alpha value is -2.96. The lowest BCUT2D eigenvalue weighted by Gasteiger charge is -2.22. The highest BCUT2D eigenvalue weighted by Crippen LogP contribution is 2.23. The van der Waals surface area contributed by atoms with E-state index in [4.69, 9.17) is 4.74 Å². The third kappa shape index (κ3) is 4.72. The smallest absolute Gasteiger partial charge is 0.227 e. The predicted molar refractivity (Wildman–Crippen MR) is 114 cm³/mol. The Balaban J connectivity index is 1.37. The Morgan fingerprint density at radius 3 is 2.41 bits per heavy atom. The van der Waals surface area contributed by atoms with Gasteiger partial charge in [0.05, 0.1) is 13.7 Å². The van der Waals surface area contributed by atoms with E-state index in [-0.39, 0.29) is 6.61 Å². The van der Waals surface area contributed by atoms with Gasteiger partial charge in [-0.25, -0.2) is 9.97 Å². The van der Waals surface area contributed by atoms with Gasteiger partial charge in [0.15, 0.2) is 0 Å². The first-order valence-electron chi connectivity index (χ1n) is 9.92. The zero-order chi connectivity index (χ0) is 20.1. The van der Waals surface area contributed by atoms with E-state index < -0.39 is 0 Å². The van der Waals surface area contributed by atoms with Gasteiger partial charge in [-0.05, 0) is 54.8 Å². The minimum absolute atomic E-state index is 0.240. The number of hydrogen-bond donors (Lipinski definition) is 2. The van der Waals surface area contributed by atoms with Gasteiger partial charge in [-0.3, -0.25) is 4.90 Å². The fourth-order valence-electron chi connectivity index (χ4n) is 3.69. The molecule has 1 aliphatic rings. The van der Waals surface area contributed by atoms with E-state index in [1.54, 1.807) is 7.11 Å². The molecule has 3 aromatic rings. The maximum absolute atomic E-state index is 9.47.